The average Bonchev–Trinajstić information content (AvgIpc) is 3.04. The van der Waals surface area contributed by atoms with E-state index >= 15 is 0 Å². The molecule has 8 nitrogen and oxygen atoms in total. The SMILES string of the molecule is COc1cc(C(=O)NC(CC2(C)CCC2)C(=O)NC2COCC2=O)ccc1O. The number of phenols is 1. The summed E-state index contributed by atoms with van der Waals surface area (Å²) < 4.78 is 10.1. The van der Waals surface area contributed by atoms with Crippen LogP contribution in [0.1, 0.15) is 43.0 Å². The average molecular weight is 390 g/mol. The molecule has 1 heterocycles. The summed E-state index contributed by atoms with van der Waals surface area (Å²) in [5.41, 5.74) is 0.254. The number of methoxy groups -OCH3 is 1. The van der Waals surface area contributed by atoms with Crippen molar-refractivity contribution >= 4 is 17.6 Å². The van der Waals surface area contributed by atoms with Crippen LogP contribution in [0.25, 0.3) is 0 Å². The number of benzene rings is 1. The lowest BCUT2D eigenvalue weighted by atomic mass is 9.67. The maximum Gasteiger partial charge on any atom is 0.252 e. The standard InChI is InChI=1S/C20H26N2O6/c1-20(6-3-7-20)9-13(19(26)22-14-10-28-11-16(14)24)21-18(25)12-4-5-15(23)17(8-12)27-2/h4-5,8,13-14,23H,3,6-7,9-11H2,1-2H3,(H,21,25)(H,22,26). The van der Waals surface area contributed by atoms with Crippen LogP contribution in [-0.4, -0.2) is 55.1 Å². The molecule has 2 fully saturated rings. The van der Waals surface area contributed by atoms with Gasteiger partial charge in [0.05, 0.1) is 13.7 Å². The van der Waals surface area contributed by atoms with E-state index in [9.17, 15) is 19.5 Å². The largest absolute Gasteiger partial charge is 0.504 e. The molecule has 2 atom stereocenters. The van der Waals surface area contributed by atoms with E-state index in [0.717, 1.165) is 19.3 Å². The fraction of sp³-hybridized carbons (Fsp3) is 0.550. The smallest absolute Gasteiger partial charge is 0.252 e. The Morgan fingerprint density at radius 1 is 1.39 bits per heavy atom. The molecule has 1 aromatic rings. The van der Waals surface area contributed by atoms with Crippen molar-refractivity contribution in [3.8, 4) is 11.5 Å². The number of aromatic hydroxyl groups is 1. The topological polar surface area (TPSA) is 114 Å². The second-order valence-corrected chi connectivity index (χ2v) is 7.82. The van der Waals surface area contributed by atoms with Gasteiger partial charge in [-0.15, -0.1) is 0 Å². The third-order valence-corrected chi connectivity index (χ3v) is 5.56. The second kappa shape index (κ2) is 8.18. The van der Waals surface area contributed by atoms with Crippen molar-refractivity contribution in [3.63, 3.8) is 0 Å². The first-order valence-electron chi connectivity index (χ1n) is 9.40. The van der Waals surface area contributed by atoms with Gasteiger partial charge in [-0.3, -0.25) is 14.4 Å². The summed E-state index contributed by atoms with van der Waals surface area (Å²) in [6.07, 6.45) is 3.57. The van der Waals surface area contributed by atoms with Gasteiger partial charge < -0.3 is 25.2 Å². The predicted molar refractivity (Wildman–Crippen MR) is 100 cm³/mol. The van der Waals surface area contributed by atoms with Gasteiger partial charge in [-0.25, -0.2) is 0 Å². The lowest BCUT2D eigenvalue weighted by Crippen LogP contribution is -2.53. The summed E-state index contributed by atoms with van der Waals surface area (Å²) in [6.45, 7) is 2.24. The summed E-state index contributed by atoms with van der Waals surface area (Å²) >= 11 is 0. The van der Waals surface area contributed by atoms with E-state index in [4.69, 9.17) is 9.47 Å². The van der Waals surface area contributed by atoms with Crippen molar-refractivity contribution in [2.24, 2.45) is 5.41 Å². The lowest BCUT2D eigenvalue weighted by Gasteiger charge is -2.40. The van der Waals surface area contributed by atoms with Crippen molar-refractivity contribution in [3.05, 3.63) is 23.8 Å². The van der Waals surface area contributed by atoms with Gasteiger partial charge in [-0.1, -0.05) is 13.3 Å². The second-order valence-electron chi connectivity index (χ2n) is 7.82. The highest BCUT2D eigenvalue weighted by Crippen LogP contribution is 2.44. The summed E-state index contributed by atoms with van der Waals surface area (Å²) in [5, 5.41) is 15.2. The first-order chi connectivity index (χ1) is 13.3. The summed E-state index contributed by atoms with van der Waals surface area (Å²) in [5.74, 6) is -0.911. The Bertz CT molecular complexity index is 774. The Labute approximate surface area is 163 Å². The number of carbonyl (C=O) groups is 3. The summed E-state index contributed by atoms with van der Waals surface area (Å²) in [4.78, 5) is 37.3. The van der Waals surface area contributed by atoms with Crippen LogP contribution in [0.2, 0.25) is 0 Å². The monoisotopic (exact) mass is 390 g/mol. The van der Waals surface area contributed by atoms with Gasteiger partial charge in [0.15, 0.2) is 17.3 Å². The predicted octanol–water partition coefficient (Wildman–Crippen LogP) is 1.16. The Kier molecular flexibility index (Phi) is 5.88. The number of carbonyl (C=O) groups excluding carboxylic acids is 3. The summed E-state index contributed by atoms with van der Waals surface area (Å²) in [6, 6.07) is 2.80. The number of hydrogen-bond acceptors (Lipinski definition) is 6. The number of ether oxygens (including phenoxy) is 2. The van der Waals surface area contributed by atoms with Crippen LogP contribution in [0, 0.1) is 5.41 Å². The number of ketones is 1. The van der Waals surface area contributed by atoms with Crippen molar-refractivity contribution in [2.45, 2.75) is 44.7 Å². The molecule has 1 aliphatic heterocycles. The van der Waals surface area contributed by atoms with Crippen molar-refractivity contribution in [1.82, 2.24) is 10.6 Å². The zero-order valence-electron chi connectivity index (χ0n) is 16.1. The number of phenolic OH excluding ortho intramolecular Hbond substituents is 1. The summed E-state index contributed by atoms with van der Waals surface area (Å²) in [7, 11) is 1.39. The maximum atomic E-state index is 12.8. The fourth-order valence-corrected chi connectivity index (χ4v) is 3.61. The minimum absolute atomic E-state index is 0.00695. The van der Waals surface area contributed by atoms with Crippen LogP contribution in [0.15, 0.2) is 18.2 Å². The van der Waals surface area contributed by atoms with Gasteiger partial charge in [0.1, 0.15) is 18.7 Å². The highest BCUT2D eigenvalue weighted by molar-refractivity contribution is 5.99. The van der Waals surface area contributed by atoms with Gasteiger partial charge in [0.25, 0.3) is 5.91 Å². The van der Waals surface area contributed by atoms with E-state index in [2.05, 4.69) is 17.6 Å². The molecule has 152 valence electrons. The van der Waals surface area contributed by atoms with Crippen LogP contribution in [0.4, 0.5) is 0 Å². The maximum absolute atomic E-state index is 12.8. The van der Waals surface area contributed by atoms with E-state index in [1.165, 1.54) is 25.3 Å². The van der Waals surface area contributed by atoms with E-state index in [-0.39, 0.29) is 41.5 Å². The molecule has 3 rings (SSSR count). The molecule has 1 saturated heterocycles. The molecule has 1 aliphatic carbocycles. The van der Waals surface area contributed by atoms with Gasteiger partial charge >= 0.3 is 0 Å². The van der Waals surface area contributed by atoms with E-state index in [1.54, 1.807) is 0 Å². The first-order valence-corrected chi connectivity index (χ1v) is 9.40. The Morgan fingerprint density at radius 3 is 2.71 bits per heavy atom. The molecular formula is C20H26N2O6. The number of Topliss-reactive ketones (excluding diaryl/α,β-unsaturated/α-hetero) is 1. The number of amides is 2. The molecular weight excluding hydrogens is 364 g/mol. The highest BCUT2D eigenvalue weighted by Gasteiger charge is 2.38. The third-order valence-electron chi connectivity index (χ3n) is 5.56. The zero-order chi connectivity index (χ0) is 20.3. The minimum atomic E-state index is -0.772. The van der Waals surface area contributed by atoms with Crippen LogP contribution in [-0.2, 0) is 14.3 Å². The molecule has 2 amide bonds. The Balaban J connectivity index is 1.73. The molecule has 3 N–H and O–H groups in total. The quantitative estimate of drug-likeness (QED) is 0.644. The zero-order valence-corrected chi connectivity index (χ0v) is 16.1. The lowest BCUT2D eigenvalue weighted by molar-refractivity contribution is -0.128. The number of nitrogens with one attached hydrogen (secondary N) is 2. The molecule has 28 heavy (non-hydrogen) atoms. The van der Waals surface area contributed by atoms with Crippen LogP contribution in [0.5, 0.6) is 11.5 Å². The van der Waals surface area contributed by atoms with Crippen LogP contribution < -0.4 is 15.4 Å². The van der Waals surface area contributed by atoms with Crippen LogP contribution >= 0.6 is 0 Å². The molecule has 8 heteroatoms. The van der Waals surface area contributed by atoms with Crippen LogP contribution in [0.3, 0.4) is 0 Å². The van der Waals surface area contributed by atoms with Crippen molar-refractivity contribution < 1.29 is 29.0 Å². The Hall–Kier alpha value is -2.61. The minimum Gasteiger partial charge on any atom is -0.504 e. The van der Waals surface area contributed by atoms with Gasteiger partial charge in [-0.2, -0.15) is 0 Å². The van der Waals surface area contributed by atoms with E-state index < -0.39 is 23.9 Å². The Morgan fingerprint density at radius 2 is 2.14 bits per heavy atom. The van der Waals surface area contributed by atoms with Gasteiger partial charge in [-0.05, 0) is 42.9 Å². The molecule has 0 bridgehead atoms. The molecule has 2 aliphatic rings. The van der Waals surface area contributed by atoms with Gasteiger partial charge in [0, 0.05) is 5.56 Å². The molecule has 0 aromatic heterocycles. The van der Waals surface area contributed by atoms with E-state index in [0.29, 0.717) is 6.42 Å². The fourth-order valence-electron chi connectivity index (χ4n) is 3.61. The molecule has 2 unspecified atom stereocenters. The highest BCUT2D eigenvalue weighted by atomic mass is 16.5. The first kappa shape index (κ1) is 20.1. The third kappa shape index (κ3) is 4.44. The van der Waals surface area contributed by atoms with Crippen molar-refractivity contribution in [1.29, 1.82) is 0 Å². The molecule has 1 aromatic carbocycles. The van der Waals surface area contributed by atoms with Gasteiger partial charge in [0.2, 0.25) is 5.91 Å². The number of hydrogen-bond donors (Lipinski definition) is 3. The molecule has 0 spiro atoms. The van der Waals surface area contributed by atoms with E-state index in [1.807, 2.05) is 0 Å². The molecule has 0 radical (unpaired) electrons. The van der Waals surface area contributed by atoms with Crippen molar-refractivity contribution in [2.75, 3.05) is 20.3 Å². The number of rotatable bonds is 7. The molecule has 1 saturated carbocycles. The normalized spacial score (nSPS) is 21.5.